The number of hydrogen-bond acceptors (Lipinski definition) is 4. The van der Waals surface area contributed by atoms with Gasteiger partial charge in [0.1, 0.15) is 0 Å². The average Bonchev–Trinajstić information content (AvgIpc) is 2.61. The van der Waals surface area contributed by atoms with Crippen LogP contribution in [0.25, 0.3) is 6.08 Å². The molecule has 0 bridgehead atoms. The van der Waals surface area contributed by atoms with Gasteiger partial charge in [0.25, 0.3) is 0 Å². The lowest BCUT2D eigenvalue weighted by Gasteiger charge is -2.28. The summed E-state index contributed by atoms with van der Waals surface area (Å²) in [6, 6.07) is 8.08. The smallest absolute Gasteiger partial charge is 0.351 e. The second-order valence-electron chi connectivity index (χ2n) is 5.28. The van der Waals surface area contributed by atoms with Gasteiger partial charge in [-0.25, -0.2) is 0 Å². The van der Waals surface area contributed by atoms with Crippen LogP contribution < -0.4 is 0 Å². The number of hydrogen-bond donors (Lipinski definition) is 0. The second kappa shape index (κ2) is 11.5. The maximum Gasteiger partial charge on any atom is 0.680 e. The standard InChI is InChI=1S/C18H30O4Si/c1-5-13-19-23(20-14-6-2,21-15-7-3)22-16-18-11-9-17(8-4)10-12-18/h8-12H,4-7,13-16H2,1-3H3. The molecule has 0 aliphatic carbocycles. The van der Waals surface area contributed by atoms with E-state index in [9.17, 15) is 0 Å². The van der Waals surface area contributed by atoms with Gasteiger partial charge in [0.05, 0.1) is 6.61 Å². The van der Waals surface area contributed by atoms with Crippen molar-refractivity contribution in [3.05, 3.63) is 42.0 Å². The summed E-state index contributed by atoms with van der Waals surface area (Å²) in [5.41, 5.74) is 2.15. The molecule has 1 aromatic carbocycles. The third-order valence-electron chi connectivity index (χ3n) is 3.08. The highest BCUT2D eigenvalue weighted by molar-refractivity contribution is 6.53. The van der Waals surface area contributed by atoms with Gasteiger partial charge in [-0.2, -0.15) is 0 Å². The van der Waals surface area contributed by atoms with Crippen LogP contribution in [0.4, 0.5) is 0 Å². The first-order valence-corrected chi connectivity index (χ1v) is 10.1. The van der Waals surface area contributed by atoms with E-state index in [1.807, 2.05) is 30.3 Å². The van der Waals surface area contributed by atoms with Crippen molar-refractivity contribution in [1.29, 1.82) is 0 Å². The SMILES string of the molecule is C=Cc1ccc(CO[Si](OCCC)(OCCC)OCCC)cc1. The van der Waals surface area contributed by atoms with Crippen molar-refractivity contribution in [1.82, 2.24) is 0 Å². The summed E-state index contributed by atoms with van der Waals surface area (Å²) in [7, 11) is -3.08. The molecule has 0 N–H and O–H groups in total. The summed E-state index contributed by atoms with van der Waals surface area (Å²) in [4.78, 5) is 0. The zero-order valence-electron chi connectivity index (χ0n) is 14.7. The first-order chi connectivity index (χ1) is 11.2. The predicted octanol–water partition coefficient (Wildman–Crippen LogP) is 4.56. The summed E-state index contributed by atoms with van der Waals surface area (Å²) < 4.78 is 23.8. The quantitative estimate of drug-likeness (QED) is 0.494. The minimum absolute atomic E-state index is 0.417. The summed E-state index contributed by atoms with van der Waals surface area (Å²) in [5, 5.41) is 0. The highest BCUT2D eigenvalue weighted by Gasteiger charge is 2.45. The molecule has 1 rings (SSSR count). The van der Waals surface area contributed by atoms with E-state index < -0.39 is 9.05 Å². The first-order valence-electron chi connectivity index (χ1n) is 8.46. The summed E-state index contributed by atoms with van der Waals surface area (Å²) in [6.45, 7) is 12.1. The van der Waals surface area contributed by atoms with Gasteiger partial charge in [0.15, 0.2) is 0 Å². The average molecular weight is 339 g/mol. The fraction of sp³-hybridized carbons (Fsp3) is 0.556. The van der Waals surface area contributed by atoms with Crippen molar-refractivity contribution < 1.29 is 17.7 Å². The van der Waals surface area contributed by atoms with Crippen LogP contribution in [0.3, 0.4) is 0 Å². The summed E-state index contributed by atoms with van der Waals surface area (Å²) in [6.07, 6.45) is 4.52. The summed E-state index contributed by atoms with van der Waals surface area (Å²) >= 11 is 0. The molecule has 0 atom stereocenters. The van der Waals surface area contributed by atoms with Gasteiger partial charge in [-0.1, -0.05) is 57.7 Å². The zero-order valence-corrected chi connectivity index (χ0v) is 15.7. The Bertz CT molecular complexity index is 411. The third kappa shape index (κ3) is 7.41. The fourth-order valence-corrected chi connectivity index (χ4v) is 4.06. The largest absolute Gasteiger partial charge is 0.680 e. The van der Waals surface area contributed by atoms with Gasteiger partial charge < -0.3 is 17.7 Å². The first kappa shape index (κ1) is 20.1. The molecule has 0 unspecified atom stereocenters. The van der Waals surface area contributed by atoms with Gasteiger partial charge in [0, 0.05) is 19.8 Å². The molecule has 0 fully saturated rings. The van der Waals surface area contributed by atoms with E-state index in [1.54, 1.807) is 0 Å². The van der Waals surface area contributed by atoms with Gasteiger partial charge in [-0.15, -0.1) is 0 Å². The van der Waals surface area contributed by atoms with E-state index in [-0.39, 0.29) is 0 Å². The molecule has 0 saturated carbocycles. The van der Waals surface area contributed by atoms with Crippen LogP contribution >= 0.6 is 0 Å². The lowest BCUT2D eigenvalue weighted by molar-refractivity contribution is -0.0391. The Labute approximate surface area is 141 Å². The van der Waals surface area contributed by atoms with Gasteiger partial charge in [-0.3, -0.25) is 0 Å². The lowest BCUT2D eigenvalue weighted by Crippen LogP contribution is -2.49. The van der Waals surface area contributed by atoms with E-state index >= 15 is 0 Å². The van der Waals surface area contributed by atoms with E-state index in [4.69, 9.17) is 17.7 Å². The minimum Gasteiger partial charge on any atom is -0.351 e. The topological polar surface area (TPSA) is 36.9 Å². The maximum atomic E-state index is 6.04. The Hall–Kier alpha value is -0.983. The molecule has 4 nitrogen and oxygen atoms in total. The second-order valence-corrected chi connectivity index (χ2v) is 7.43. The molecule has 1 aromatic rings. The van der Waals surface area contributed by atoms with Crippen molar-refractivity contribution in [2.24, 2.45) is 0 Å². The Morgan fingerprint density at radius 1 is 0.826 bits per heavy atom. The van der Waals surface area contributed by atoms with Crippen LogP contribution in [0.5, 0.6) is 0 Å². The highest BCUT2D eigenvalue weighted by Crippen LogP contribution is 2.17. The summed E-state index contributed by atoms with van der Waals surface area (Å²) in [5.74, 6) is 0. The predicted molar refractivity (Wildman–Crippen MR) is 95.8 cm³/mol. The van der Waals surface area contributed by atoms with Crippen LogP contribution in [-0.4, -0.2) is 28.9 Å². The molecule has 5 heteroatoms. The Balaban J connectivity index is 2.75. The fourth-order valence-electron chi connectivity index (χ4n) is 1.85. The lowest BCUT2D eigenvalue weighted by atomic mass is 10.1. The van der Waals surface area contributed by atoms with E-state index in [0.717, 1.165) is 30.4 Å². The van der Waals surface area contributed by atoms with Crippen LogP contribution in [0.15, 0.2) is 30.8 Å². The molecule has 0 aliphatic rings. The zero-order chi connectivity index (χ0) is 17.0. The highest BCUT2D eigenvalue weighted by atomic mass is 28.4. The van der Waals surface area contributed by atoms with Crippen molar-refractivity contribution in [3.8, 4) is 0 Å². The monoisotopic (exact) mass is 338 g/mol. The minimum atomic E-state index is -3.08. The van der Waals surface area contributed by atoms with Crippen molar-refractivity contribution >= 4 is 15.1 Å². The van der Waals surface area contributed by atoms with Crippen molar-refractivity contribution in [2.45, 2.75) is 46.6 Å². The van der Waals surface area contributed by atoms with Crippen LogP contribution in [-0.2, 0) is 24.3 Å². The third-order valence-corrected chi connectivity index (χ3v) is 5.25. The Kier molecular flexibility index (Phi) is 10.1. The normalized spacial score (nSPS) is 11.6. The number of rotatable bonds is 13. The molecule has 0 aliphatic heterocycles. The van der Waals surface area contributed by atoms with Gasteiger partial charge >= 0.3 is 9.05 Å². The van der Waals surface area contributed by atoms with Crippen LogP contribution in [0.1, 0.15) is 51.2 Å². The molecule has 0 aromatic heterocycles. The Morgan fingerprint density at radius 2 is 1.30 bits per heavy atom. The Morgan fingerprint density at radius 3 is 1.70 bits per heavy atom. The van der Waals surface area contributed by atoms with Crippen molar-refractivity contribution in [3.63, 3.8) is 0 Å². The van der Waals surface area contributed by atoms with E-state index in [0.29, 0.717) is 26.4 Å². The molecule has 0 amide bonds. The molecule has 0 radical (unpaired) electrons. The molecule has 0 spiro atoms. The van der Waals surface area contributed by atoms with Gasteiger partial charge in [-0.05, 0) is 30.4 Å². The maximum absolute atomic E-state index is 6.04. The number of benzene rings is 1. The van der Waals surface area contributed by atoms with Crippen molar-refractivity contribution in [2.75, 3.05) is 19.8 Å². The molecular formula is C18H30O4Si. The van der Waals surface area contributed by atoms with E-state index in [1.165, 1.54) is 0 Å². The molecular weight excluding hydrogens is 308 g/mol. The molecule has 130 valence electrons. The molecule has 0 heterocycles. The molecule has 0 saturated heterocycles. The van der Waals surface area contributed by atoms with Crippen LogP contribution in [0, 0.1) is 0 Å². The van der Waals surface area contributed by atoms with Crippen LogP contribution in [0.2, 0.25) is 0 Å². The van der Waals surface area contributed by atoms with Gasteiger partial charge in [0.2, 0.25) is 0 Å². The van der Waals surface area contributed by atoms with E-state index in [2.05, 4.69) is 27.4 Å². The molecule has 23 heavy (non-hydrogen) atoms.